The summed E-state index contributed by atoms with van der Waals surface area (Å²) in [7, 11) is 0. The molecule has 0 aromatic heterocycles. The van der Waals surface area contributed by atoms with Crippen molar-refractivity contribution in [2.24, 2.45) is 11.5 Å². The summed E-state index contributed by atoms with van der Waals surface area (Å²) in [5.74, 6) is 0. The van der Waals surface area contributed by atoms with Crippen LogP contribution in [0.25, 0.3) is 0 Å². The van der Waals surface area contributed by atoms with Crippen molar-refractivity contribution < 1.29 is 75.0 Å². The average molecular weight is 660 g/mol. The second kappa shape index (κ2) is 42.0. The fourth-order valence-electron chi connectivity index (χ4n) is 2.75. The average Bonchev–Trinajstić information content (AvgIpc) is 2.82. The Balaban J connectivity index is -0.0000000888. The van der Waals surface area contributed by atoms with Gasteiger partial charge in [-0.1, -0.05) is 27.7 Å². The molecule has 0 aromatic carbocycles. The molecule has 0 saturated carbocycles. The number of unbranched alkanes of at least 4 members (excludes halogenated alkanes) is 2. The maximum absolute atomic E-state index is 8.35. The monoisotopic (exact) mass is 658 g/mol. The van der Waals surface area contributed by atoms with Crippen molar-refractivity contribution in [3.8, 4) is 0 Å². The molecule has 0 spiro atoms. The third-order valence-electron chi connectivity index (χ3n) is 5.03. The largest absolute Gasteiger partial charge is 2.00 e. The van der Waals surface area contributed by atoms with Gasteiger partial charge >= 0.3 is 34.1 Å². The maximum Gasteiger partial charge on any atom is 2.00 e. The molecular weight excluding hydrogens is 599 g/mol. The van der Waals surface area contributed by atoms with Crippen LogP contribution in [0.3, 0.4) is 0 Å². The summed E-state index contributed by atoms with van der Waals surface area (Å²) >= 11 is 0. The van der Waals surface area contributed by atoms with E-state index in [-0.39, 0.29) is 34.1 Å². The molecule has 0 aromatic rings. The predicted molar refractivity (Wildman–Crippen MR) is 144 cm³/mol. The first-order valence-electron chi connectivity index (χ1n) is 13.2. The van der Waals surface area contributed by atoms with Crippen LogP contribution in [0.4, 0.5) is 0 Å². The fourth-order valence-corrected chi connectivity index (χ4v) is 2.75. The second-order valence-electron chi connectivity index (χ2n) is 8.12. The van der Waals surface area contributed by atoms with Gasteiger partial charge in [-0.2, -0.15) is 0 Å². The quantitative estimate of drug-likeness (QED) is 0.0482. The van der Waals surface area contributed by atoms with Crippen molar-refractivity contribution in [3.63, 3.8) is 0 Å². The first-order chi connectivity index (χ1) is 16.9. The molecular formula is C24H60Cu2N4O8+4. The summed E-state index contributed by atoms with van der Waals surface area (Å²) < 4.78 is 0. The molecule has 0 heterocycles. The number of nitrogens with zero attached hydrogens (tertiary/aromatic N) is 2. The molecule has 14 heteroatoms. The van der Waals surface area contributed by atoms with Gasteiger partial charge in [-0.15, -0.1) is 0 Å². The molecule has 2 radical (unpaired) electrons. The number of hydrogen-bond donors (Lipinski definition) is 10. The van der Waals surface area contributed by atoms with E-state index in [1.807, 2.05) is 0 Å². The molecule has 0 saturated heterocycles. The van der Waals surface area contributed by atoms with Crippen LogP contribution < -0.4 is 11.5 Å². The van der Waals surface area contributed by atoms with E-state index in [0.29, 0.717) is 51.4 Å². The van der Waals surface area contributed by atoms with Crippen LogP contribution in [0.1, 0.15) is 79.1 Å². The van der Waals surface area contributed by atoms with E-state index in [4.69, 9.17) is 52.3 Å². The Kier molecular flexibility index (Phi) is 56.8. The van der Waals surface area contributed by atoms with Gasteiger partial charge in [0.25, 0.3) is 0 Å². The first kappa shape index (κ1) is 51.3. The molecule has 0 aliphatic heterocycles. The molecule has 12 nitrogen and oxygen atoms in total. The molecule has 0 atom stereocenters. The molecule has 0 rings (SSSR count). The van der Waals surface area contributed by atoms with E-state index in [1.54, 1.807) is 0 Å². The number of nitrogens with two attached hydrogens (primary N) is 2. The normalized spacial score (nSPS) is 10.4. The van der Waals surface area contributed by atoms with Crippen molar-refractivity contribution in [1.82, 2.24) is 9.80 Å². The van der Waals surface area contributed by atoms with Crippen LogP contribution in [0.15, 0.2) is 0 Å². The number of likely N-dealkylation sites (N-methyl/N-ethyl adjacent to an activating group) is 2. The molecule has 0 fully saturated rings. The number of hydrogen-bond acceptors (Lipinski definition) is 12. The van der Waals surface area contributed by atoms with E-state index < -0.39 is 25.2 Å². The van der Waals surface area contributed by atoms with Gasteiger partial charge < -0.3 is 62.1 Å². The summed E-state index contributed by atoms with van der Waals surface area (Å²) in [4.78, 5) is 4.61. The van der Waals surface area contributed by atoms with Crippen LogP contribution in [0.2, 0.25) is 0 Å². The molecule has 38 heavy (non-hydrogen) atoms. The van der Waals surface area contributed by atoms with Crippen LogP contribution in [0, 0.1) is 0 Å². The van der Waals surface area contributed by atoms with E-state index in [2.05, 4.69) is 37.5 Å². The van der Waals surface area contributed by atoms with Gasteiger partial charge in [-0.25, -0.2) is 0 Å². The summed E-state index contributed by atoms with van der Waals surface area (Å²) in [6, 6.07) is 0. The Labute approximate surface area is 252 Å². The zero-order chi connectivity index (χ0) is 28.8. The first-order valence-corrected chi connectivity index (χ1v) is 13.2. The van der Waals surface area contributed by atoms with Gasteiger partial charge in [0.05, 0.1) is 0 Å². The minimum absolute atomic E-state index is 0. The van der Waals surface area contributed by atoms with Gasteiger partial charge in [0.15, 0.2) is 25.2 Å². The van der Waals surface area contributed by atoms with Crippen LogP contribution in [-0.4, -0.2) is 128 Å². The van der Waals surface area contributed by atoms with Crippen molar-refractivity contribution in [2.75, 3.05) is 52.4 Å². The predicted octanol–water partition coefficient (Wildman–Crippen LogP) is -1.09. The SMILES string of the molecule is CCN(CC)CCN.CCN(CC)CCN.OC(O)CCCCC(O)O.OC(O)CCCCC(O)O.[Cu+2].[Cu+2]. The van der Waals surface area contributed by atoms with E-state index in [0.717, 1.165) is 52.4 Å². The maximum atomic E-state index is 8.35. The summed E-state index contributed by atoms with van der Waals surface area (Å²) in [5, 5.41) is 66.8. The zero-order valence-electron chi connectivity index (χ0n) is 23.9. The van der Waals surface area contributed by atoms with Gasteiger partial charge in [0.2, 0.25) is 0 Å². The van der Waals surface area contributed by atoms with Crippen molar-refractivity contribution in [3.05, 3.63) is 0 Å². The Hall–Kier alpha value is 0.559. The molecule has 12 N–H and O–H groups in total. The minimum Gasteiger partial charge on any atom is -0.368 e. The number of rotatable bonds is 18. The second-order valence-corrected chi connectivity index (χ2v) is 8.12. The van der Waals surface area contributed by atoms with Crippen molar-refractivity contribution in [2.45, 2.75) is 104 Å². The molecule has 242 valence electrons. The van der Waals surface area contributed by atoms with Crippen molar-refractivity contribution >= 4 is 0 Å². The van der Waals surface area contributed by atoms with Crippen LogP contribution in [-0.2, 0) is 34.1 Å². The molecule has 0 bridgehead atoms. The number of aliphatic hydroxyl groups is 8. The van der Waals surface area contributed by atoms with Gasteiger partial charge in [-0.3, -0.25) is 0 Å². The Morgan fingerprint density at radius 1 is 0.447 bits per heavy atom. The summed E-state index contributed by atoms with van der Waals surface area (Å²) in [6.45, 7) is 16.7. The zero-order valence-corrected chi connectivity index (χ0v) is 25.7. The van der Waals surface area contributed by atoms with E-state index in [9.17, 15) is 0 Å². The Bertz CT molecular complexity index is 331. The van der Waals surface area contributed by atoms with Crippen LogP contribution in [0.5, 0.6) is 0 Å². The summed E-state index contributed by atoms with van der Waals surface area (Å²) in [6.07, 6.45) is -1.45. The van der Waals surface area contributed by atoms with Crippen molar-refractivity contribution in [1.29, 1.82) is 0 Å². The fraction of sp³-hybridized carbons (Fsp3) is 1.00. The third kappa shape index (κ3) is 56.7. The van der Waals surface area contributed by atoms with Gasteiger partial charge in [0, 0.05) is 26.2 Å². The number of aliphatic hydroxyl groups excluding tert-OH is 4. The van der Waals surface area contributed by atoms with E-state index >= 15 is 0 Å². The molecule has 0 aliphatic rings. The Morgan fingerprint density at radius 3 is 0.711 bits per heavy atom. The third-order valence-corrected chi connectivity index (χ3v) is 5.03. The molecule has 0 amide bonds. The van der Waals surface area contributed by atoms with Gasteiger partial charge in [-0.05, 0) is 77.5 Å². The smallest absolute Gasteiger partial charge is 0.368 e. The van der Waals surface area contributed by atoms with Crippen LogP contribution >= 0.6 is 0 Å². The molecule has 0 aliphatic carbocycles. The topological polar surface area (TPSA) is 220 Å². The summed E-state index contributed by atoms with van der Waals surface area (Å²) in [5.41, 5.74) is 10.7. The minimum atomic E-state index is -1.27. The standard InChI is InChI=1S/2C6H16N2.2C6H14O4.2Cu/c2*1-3-8(4-2)6-5-7;2*7-5(8)3-1-2-4-6(9)10;;/h2*3-7H2,1-2H3;2*5-10H,1-4H2;;/q;;;;2*+2. The van der Waals surface area contributed by atoms with Gasteiger partial charge in [0.1, 0.15) is 0 Å². The molecule has 0 unspecified atom stereocenters. The Morgan fingerprint density at radius 2 is 0.632 bits per heavy atom. The van der Waals surface area contributed by atoms with E-state index in [1.165, 1.54) is 0 Å².